The first kappa shape index (κ1) is 16.5. The largest absolute Gasteiger partial charge is 0.478 e. The first-order chi connectivity index (χ1) is 9.58. The zero-order valence-electron chi connectivity index (χ0n) is 12.0. The van der Waals surface area contributed by atoms with Crippen molar-refractivity contribution in [1.82, 2.24) is 5.32 Å². The van der Waals surface area contributed by atoms with Crippen LogP contribution in [0.2, 0.25) is 0 Å². The van der Waals surface area contributed by atoms with Gasteiger partial charge in [-0.15, -0.1) is 0 Å². The molecular formula is C14H17NO6. The van der Waals surface area contributed by atoms with Crippen LogP contribution in [0.1, 0.15) is 47.1 Å². The smallest absolute Gasteiger partial charge is 0.407 e. The first-order valence-corrected chi connectivity index (χ1v) is 6.16. The highest BCUT2D eigenvalue weighted by Gasteiger charge is 2.16. The maximum absolute atomic E-state index is 11.5. The average Bonchev–Trinajstić information content (AvgIpc) is 2.33. The van der Waals surface area contributed by atoms with Gasteiger partial charge in [0.2, 0.25) is 0 Å². The maximum Gasteiger partial charge on any atom is 0.407 e. The molecule has 0 bridgehead atoms. The van der Waals surface area contributed by atoms with Crippen LogP contribution >= 0.6 is 0 Å². The standard InChI is InChI=1S/C14H17NO6/c1-14(2,3)21-13(20)15-7-8-4-9(11(16)17)6-10(5-8)12(18)19/h4-6H,7H2,1-3H3,(H,15,20)(H,16,17)(H,18,19). The first-order valence-electron chi connectivity index (χ1n) is 6.16. The lowest BCUT2D eigenvalue weighted by atomic mass is 10.1. The lowest BCUT2D eigenvalue weighted by Crippen LogP contribution is -2.32. The number of aromatic carboxylic acids is 2. The molecule has 7 heteroatoms. The number of carboxylic acids is 2. The van der Waals surface area contributed by atoms with E-state index in [0.717, 1.165) is 6.07 Å². The molecular weight excluding hydrogens is 278 g/mol. The van der Waals surface area contributed by atoms with Gasteiger partial charge in [0.25, 0.3) is 0 Å². The van der Waals surface area contributed by atoms with Crippen LogP contribution in [-0.2, 0) is 11.3 Å². The topological polar surface area (TPSA) is 113 Å². The van der Waals surface area contributed by atoms with Crippen LogP contribution in [0.5, 0.6) is 0 Å². The summed E-state index contributed by atoms with van der Waals surface area (Å²) in [6.07, 6.45) is -0.667. The Balaban J connectivity index is 2.86. The van der Waals surface area contributed by atoms with Gasteiger partial charge in [-0.2, -0.15) is 0 Å². The Kier molecular flexibility index (Phi) is 4.91. The fourth-order valence-electron chi connectivity index (χ4n) is 1.53. The second-order valence-electron chi connectivity index (χ2n) is 5.38. The van der Waals surface area contributed by atoms with Crippen molar-refractivity contribution >= 4 is 18.0 Å². The molecule has 0 radical (unpaired) electrons. The summed E-state index contributed by atoms with van der Waals surface area (Å²) in [6.45, 7) is 5.09. The van der Waals surface area contributed by atoms with Crippen molar-refractivity contribution in [3.8, 4) is 0 Å². The Labute approximate surface area is 121 Å². The van der Waals surface area contributed by atoms with Crippen molar-refractivity contribution in [2.75, 3.05) is 0 Å². The van der Waals surface area contributed by atoms with Crippen molar-refractivity contribution in [1.29, 1.82) is 0 Å². The number of hydrogen-bond acceptors (Lipinski definition) is 4. The lowest BCUT2D eigenvalue weighted by molar-refractivity contribution is 0.0523. The van der Waals surface area contributed by atoms with E-state index in [0.29, 0.717) is 5.56 Å². The summed E-state index contributed by atoms with van der Waals surface area (Å²) in [7, 11) is 0. The summed E-state index contributed by atoms with van der Waals surface area (Å²) in [6, 6.07) is 3.65. The van der Waals surface area contributed by atoms with Crippen molar-refractivity contribution in [2.24, 2.45) is 0 Å². The Morgan fingerprint density at radius 1 is 1.05 bits per heavy atom. The fraction of sp³-hybridized carbons (Fsp3) is 0.357. The molecule has 0 atom stereocenters. The van der Waals surface area contributed by atoms with Gasteiger partial charge in [-0.1, -0.05) is 0 Å². The molecule has 1 rings (SSSR count). The normalized spacial score (nSPS) is 10.8. The van der Waals surface area contributed by atoms with E-state index in [1.165, 1.54) is 12.1 Å². The molecule has 114 valence electrons. The zero-order valence-corrected chi connectivity index (χ0v) is 12.0. The Morgan fingerprint density at radius 2 is 1.52 bits per heavy atom. The predicted octanol–water partition coefficient (Wildman–Crippen LogP) is 2.11. The molecule has 0 fully saturated rings. The molecule has 0 saturated heterocycles. The second-order valence-corrected chi connectivity index (χ2v) is 5.38. The predicted molar refractivity (Wildman–Crippen MR) is 73.4 cm³/mol. The number of amides is 1. The number of nitrogens with one attached hydrogen (secondary N) is 1. The van der Waals surface area contributed by atoms with Gasteiger partial charge in [0.1, 0.15) is 5.60 Å². The van der Waals surface area contributed by atoms with Gasteiger partial charge in [0.15, 0.2) is 0 Å². The van der Waals surface area contributed by atoms with Crippen LogP contribution in [0.4, 0.5) is 4.79 Å². The number of carbonyl (C=O) groups is 3. The Hall–Kier alpha value is -2.57. The summed E-state index contributed by atoms with van der Waals surface area (Å²) < 4.78 is 5.03. The van der Waals surface area contributed by atoms with E-state index in [9.17, 15) is 14.4 Å². The van der Waals surface area contributed by atoms with E-state index >= 15 is 0 Å². The zero-order chi connectivity index (χ0) is 16.2. The molecule has 0 aromatic heterocycles. The summed E-state index contributed by atoms with van der Waals surface area (Å²) in [5.41, 5.74) is -0.607. The molecule has 0 aliphatic rings. The second kappa shape index (κ2) is 6.25. The summed E-state index contributed by atoms with van der Waals surface area (Å²) in [5, 5.41) is 20.3. The number of alkyl carbamates (subject to hydrolysis) is 1. The minimum Gasteiger partial charge on any atom is -0.478 e. The molecule has 1 aromatic rings. The highest BCUT2D eigenvalue weighted by molar-refractivity contribution is 5.94. The number of ether oxygens (including phenoxy) is 1. The van der Waals surface area contributed by atoms with Gasteiger partial charge in [0, 0.05) is 6.54 Å². The molecule has 0 heterocycles. The van der Waals surface area contributed by atoms with Crippen molar-refractivity contribution in [3.05, 3.63) is 34.9 Å². The van der Waals surface area contributed by atoms with E-state index < -0.39 is 23.6 Å². The van der Waals surface area contributed by atoms with Gasteiger partial charge in [0.05, 0.1) is 11.1 Å². The molecule has 0 saturated carbocycles. The van der Waals surface area contributed by atoms with Crippen LogP contribution in [0, 0.1) is 0 Å². The molecule has 0 spiro atoms. The van der Waals surface area contributed by atoms with Gasteiger partial charge < -0.3 is 20.3 Å². The van der Waals surface area contributed by atoms with E-state index in [-0.39, 0.29) is 17.7 Å². The molecule has 21 heavy (non-hydrogen) atoms. The summed E-state index contributed by atoms with van der Waals surface area (Å²) in [4.78, 5) is 33.4. The number of rotatable bonds is 4. The summed E-state index contributed by atoms with van der Waals surface area (Å²) in [5.74, 6) is -2.48. The molecule has 0 aliphatic carbocycles. The third-order valence-electron chi connectivity index (χ3n) is 2.32. The van der Waals surface area contributed by atoms with Crippen molar-refractivity contribution in [3.63, 3.8) is 0 Å². The van der Waals surface area contributed by atoms with E-state index in [4.69, 9.17) is 14.9 Å². The molecule has 1 aromatic carbocycles. The fourth-order valence-corrected chi connectivity index (χ4v) is 1.53. The van der Waals surface area contributed by atoms with E-state index in [2.05, 4.69) is 5.32 Å². The Morgan fingerprint density at radius 3 is 1.90 bits per heavy atom. The van der Waals surface area contributed by atoms with Crippen molar-refractivity contribution in [2.45, 2.75) is 32.9 Å². The number of benzene rings is 1. The molecule has 0 unspecified atom stereocenters. The highest BCUT2D eigenvalue weighted by Crippen LogP contribution is 2.12. The lowest BCUT2D eigenvalue weighted by Gasteiger charge is -2.19. The SMILES string of the molecule is CC(C)(C)OC(=O)NCc1cc(C(=O)O)cc(C(=O)O)c1. The minimum atomic E-state index is -1.24. The third-order valence-corrected chi connectivity index (χ3v) is 2.32. The van der Waals surface area contributed by atoms with Crippen molar-refractivity contribution < 1.29 is 29.3 Å². The van der Waals surface area contributed by atoms with Gasteiger partial charge >= 0.3 is 18.0 Å². The van der Waals surface area contributed by atoms with Crippen LogP contribution < -0.4 is 5.32 Å². The van der Waals surface area contributed by atoms with Crippen LogP contribution in [0.25, 0.3) is 0 Å². The maximum atomic E-state index is 11.5. The van der Waals surface area contributed by atoms with E-state index in [1.807, 2.05) is 0 Å². The summed E-state index contributed by atoms with van der Waals surface area (Å²) >= 11 is 0. The van der Waals surface area contributed by atoms with Gasteiger partial charge in [-0.05, 0) is 44.5 Å². The Bertz CT molecular complexity index is 541. The number of hydrogen-bond donors (Lipinski definition) is 3. The van der Waals surface area contributed by atoms with Gasteiger partial charge in [-0.3, -0.25) is 0 Å². The molecule has 3 N–H and O–H groups in total. The highest BCUT2D eigenvalue weighted by atomic mass is 16.6. The molecule has 1 amide bonds. The van der Waals surface area contributed by atoms with Crippen LogP contribution in [0.15, 0.2) is 18.2 Å². The third kappa shape index (κ3) is 5.52. The van der Waals surface area contributed by atoms with E-state index in [1.54, 1.807) is 20.8 Å². The van der Waals surface area contributed by atoms with Crippen LogP contribution in [0.3, 0.4) is 0 Å². The van der Waals surface area contributed by atoms with Gasteiger partial charge in [-0.25, -0.2) is 14.4 Å². The molecule has 0 aliphatic heterocycles. The quantitative estimate of drug-likeness (QED) is 0.784. The monoisotopic (exact) mass is 295 g/mol. The minimum absolute atomic E-state index is 0.0314. The molecule has 7 nitrogen and oxygen atoms in total. The van der Waals surface area contributed by atoms with Crippen LogP contribution in [-0.4, -0.2) is 33.8 Å². The number of carboxylic acid groups (broad SMARTS) is 2. The average molecular weight is 295 g/mol. The number of carbonyl (C=O) groups excluding carboxylic acids is 1.